The summed E-state index contributed by atoms with van der Waals surface area (Å²) in [5.41, 5.74) is -0.498. The number of amides is 1. The molecule has 0 N–H and O–H groups in total. The summed E-state index contributed by atoms with van der Waals surface area (Å²) >= 11 is 0. The van der Waals surface area contributed by atoms with Crippen molar-refractivity contribution in [3.63, 3.8) is 0 Å². The molecule has 3 heteroatoms. The molecule has 0 aromatic rings. The molecule has 1 aliphatic rings. The predicted octanol–water partition coefficient (Wildman–Crippen LogP) is 1.75. The van der Waals surface area contributed by atoms with E-state index in [1.807, 2.05) is 19.9 Å². The first-order valence-corrected chi connectivity index (χ1v) is 4.89. The summed E-state index contributed by atoms with van der Waals surface area (Å²) < 4.78 is 5.57. The molecule has 14 heavy (non-hydrogen) atoms. The van der Waals surface area contributed by atoms with Gasteiger partial charge in [-0.1, -0.05) is 6.08 Å². The van der Waals surface area contributed by atoms with Crippen LogP contribution in [0.4, 0.5) is 0 Å². The number of nitrogens with zero attached hydrogens (tertiary/aromatic N) is 1. The molecule has 1 amide bonds. The minimum atomic E-state index is -0.498. The SMILES string of the molecule is C=CCC1COC(C)(C)N1C(=O)C[CH2+]. The van der Waals surface area contributed by atoms with Crippen LogP contribution < -0.4 is 0 Å². The van der Waals surface area contributed by atoms with E-state index in [0.717, 1.165) is 6.42 Å². The highest BCUT2D eigenvalue weighted by Crippen LogP contribution is 2.29. The molecule has 1 fully saturated rings. The van der Waals surface area contributed by atoms with Crippen LogP contribution in [0.3, 0.4) is 0 Å². The number of carbonyl (C=O) groups is 1. The van der Waals surface area contributed by atoms with Gasteiger partial charge in [0.05, 0.1) is 19.6 Å². The Morgan fingerprint density at radius 1 is 1.79 bits per heavy atom. The van der Waals surface area contributed by atoms with Crippen molar-refractivity contribution in [1.29, 1.82) is 0 Å². The van der Waals surface area contributed by atoms with Crippen LogP contribution in [0.15, 0.2) is 12.7 Å². The minimum Gasteiger partial charge on any atom is -0.354 e. The molecule has 0 aliphatic carbocycles. The van der Waals surface area contributed by atoms with E-state index in [1.165, 1.54) is 0 Å². The first kappa shape index (κ1) is 11.1. The number of rotatable bonds is 3. The predicted molar refractivity (Wildman–Crippen MR) is 55.5 cm³/mol. The molecule has 1 unspecified atom stereocenters. The third kappa shape index (κ3) is 1.93. The lowest BCUT2D eigenvalue weighted by Crippen LogP contribution is -2.47. The van der Waals surface area contributed by atoms with Crippen molar-refractivity contribution in [2.45, 2.75) is 38.5 Å². The molecule has 1 aliphatic heterocycles. The lowest BCUT2D eigenvalue weighted by Gasteiger charge is -2.32. The summed E-state index contributed by atoms with van der Waals surface area (Å²) in [6.07, 6.45) is 2.87. The number of hydrogen-bond acceptors (Lipinski definition) is 2. The van der Waals surface area contributed by atoms with E-state index in [0.29, 0.717) is 6.61 Å². The Kier molecular flexibility index (Phi) is 3.21. The van der Waals surface area contributed by atoms with Gasteiger partial charge in [-0.2, -0.15) is 0 Å². The van der Waals surface area contributed by atoms with Crippen LogP contribution in [0.25, 0.3) is 0 Å². The Morgan fingerprint density at radius 3 is 2.93 bits per heavy atom. The van der Waals surface area contributed by atoms with E-state index in [4.69, 9.17) is 4.74 Å². The Hall–Kier alpha value is -0.960. The third-order valence-electron chi connectivity index (χ3n) is 2.50. The molecule has 78 valence electrons. The van der Waals surface area contributed by atoms with Crippen LogP contribution in [0.2, 0.25) is 0 Å². The molecule has 1 atom stereocenters. The summed E-state index contributed by atoms with van der Waals surface area (Å²) in [5.74, 6) is 0.0411. The van der Waals surface area contributed by atoms with Crippen molar-refractivity contribution in [2.75, 3.05) is 6.61 Å². The van der Waals surface area contributed by atoms with Crippen LogP contribution in [0, 0.1) is 6.92 Å². The van der Waals surface area contributed by atoms with E-state index in [1.54, 1.807) is 4.90 Å². The van der Waals surface area contributed by atoms with Gasteiger partial charge in [0.15, 0.2) is 6.42 Å². The molecule has 1 saturated heterocycles. The molecule has 1 heterocycles. The topological polar surface area (TPSA) is 29.5 Å². The van der Waals surface area contributed by atoms with Crippen LogP contribution >= 0.6 is 0 Å². The fourth-order valence-corrected chi connectivity index (χ4v) is 1.87. The molecule has 0 aromatic carbocycles. The van der Waals surface area contributed by atoms with E-state index >= 15 is 0 Å². The van der Waals surface area contributed by atoms with Gasteiger partial charge in [-0.25, -0.2) is 0 Å². The van der Waals surface area contributed by atoms with Crippen molar-refractivity contribution >= 4 is 5.91 Å². The molecule has 3 nitrogen and oxygen atoms in total. The number of hydrogen-bond donors (Lipinski definition) is 0. The molecule has 1 rings (SSSR count). The second-order valence-corrected chi connectivity index (χ2v) is 3.95. The summed E-state index contributed by atoms with van der Waals surface area (Å²) in [7, 11) is 0. The molecule has 0 bridgehead atoms. The second kappa shape index (κ2) is 4.05. The van der Waals surface area contributed by atoms with E-state index in [2.05, 4.69) is 13.5 Å². The van der Waals surface area contributed by atoms with E-state index < -0.39 is 5.72 Å². The van der Waals surface area contributed by atoms with E-state index in [-0.39, 0.29) is 18.4 Å². The van der Waals surface area contributed by atoms with Gasteiger partial charge >= 0.3 is 0 Å². The fourth-order valence-electron chi connectivity index (χ4n) is 1.87. The first-order valence-electron chi connectivity index (χ1n) is 4.89. The van der Waals surface area contributed by atoms with Crippen LogP contribution in [-0.2, 0) is 9.53 Å². The Balaban J connectivity index is 2.80. The maximum Gasteiger partial charge on any atom is 0.269 e. The highest BCUT2D eigenvalue weighted by atomic mass is 16.5. The fraction of sp³-hybridized carbons (Fsp3) is 0.636. The molecular formula is C11H18NO2+. The lowest BCUT2D eigenvalue weighted by molar-refractivity contribution is -0.145. The average Bonchev–Trinajstić information content (AvgIpc) is 2.41. The van der Waals surface area contributed by atoms with Crippen molar-refractivity contribution in [2.24, 2.45) is 0 Å². The van der Waals surface area contributed by atoms with Crippen LogP contribution in [0.5, 0.6) is 0 Å². The highest BCUT2D eigenvalue weighted by molar-refractivity contribution is 5.78. The first-order chi connectivity index (χ1) is 6.53. The van der Waals surface area contributed by atoms with Crippen molar-refractivity contribution < 1.29 is 9.53 Å². The summed E-state index contributed by atoms with van der Waals surface area (Å²) in [6, 6.07) is 0.122. The summed E-state index contributed by atoms with van der Waals surface area (Å²) in [5, 5.41) is 0. The van der Waals surface area contributed by atoms with Gasteiger partial charge < -0.3 is 9.64 Å². The van der Waals surface area contributed by atoms with Gasteiger partial charge in [0.2, 0.25) is 0 Å². The number of ether oxygens (including phenoxy) is 1. The molecule has 0 aromatic heterocycles. The van der Waals surface area contributed by atoms with Crippen LogP contribution in [0.1, 0.15) is 26.7 Å². The smallest absolute Gasteiger partial charge is 0.269 e. The molecule has 0 saturated carbocycles. The number of carbonyl (C=O) groups excluding carboxylic acids is 1. The monoisotopic (exact) mass is 196 g/mol. The third-order valence-corrected chi connectivity index (χ3v) is 2.50. The highest BCUT2D eigenvalue weighted by Gasteiger charge is 2.42. The zero-order valence-electron chi connectivity index (χ0n) is 8.95. The van der Waals surface area contributed by atoms with Crippen LogP contribution in [-0.4, -0.2) is 29.2 Å². The average molecular weight is 196 g/mol. The van der Waals surface area contributed by atoms with Crippen molar-refractivity contribution in [3.05, 3.63) is 19.6 Å². The van der Waals surface area contributed by atoms with Gasteiger partial charge in [0, 0.05) is 0 Å². The van der Waals surface area contributed by atoms with Gasteiger partial charge in [0.25, 0.3) is 5.91 Å². The summed E-state index contributed by atoms with van der Waals surface area (Å²) in [6.45, 7) is 11.7. The Labute approximate surface area is 85.7 Å². The molecular weight excluding hydrogens is 178 g/mol. The van der Waals surface area contributed by atoms with Crippen molar-refractivity contribution in [3.8, 4) is 0 Å². The zero-order chi connectivity index (χ0) is 10.8. The standard InChI is InChI=1S/C11H18NO2/c1-5-7-9-8-14-11(3,4)12(9)10(13)6-2/h5,9H,1-2,6-8H2,3-4H3/q+1. The van der Waals surface area contributed by atoms with Gasteiger partial charge in [-0.3, -0.25) is 4.79 Å². The van der Waals surface area contributed by atoms with E-state index in [9.17, 15) is 4.79 Å². The minimum absolute atomic E-state index is 0.0411. The Morgan fingerprint density at radius 2 is 2.43 bits per heavy atom. The lowest BCUT2D eigenvalue weighted by atomic mass is 10.1. The quantitative estimate of drug-likeness (QED) is 0.508. The Bertz CT molecular complexity index is 235. The normalized spacial score (nSPS) is 25.0. The molecule has 0 spiro atoms. The van der Waals surface area contributed by atoms with Crippen molar-refractivity contribution in [1.82, 2.24) is 4.90 Å². The maximum absolute atomic E-state index is 11.7. The van der Waals surface area contributed by atoms with Gasteiger partial charge in [0.1, 0.15) is 5.72 Å². The second-order valence-electron chi connectivity index (χ2n) is 3.95. The maximum atomic E-state index is 11.7. The van der Waals surface area contributed by atoms with Gasteiger partial charge in [-0.05, 0) is 20.3 Å². The zero-order valence-corrected chi connectivity index (χ0v) is 8.95. The molecule has 0 radical (unpaired) electrons. The van der Waals surface area contributed by atoms with Gasteiger partial charge in [-0.15, -0.1) is 6.58 Å². The summed E-state index contributed by atoms with van der Waals surface area (Å²) in [4.78, 5) is 13.4. The largest absolute Gasteiger partial charge is 0.354 e.